The van der Waals surface area contributed by atoms with Crippen molar-refractivity contribution in [2.75, 3.05) is 0 Å². The summed E-state index contributed by atoms with van der Waals surface area (Å²) in [5.74, 6) is 0. The number of aryl methyl sites for hydroxylation is 2. The van der Waals surface area contributed by atoms with E-state index in [1.54, 1.807) is 22.7 Å². The molecule has 0 radical (unpaired) electrons. The van der Waals surface area contributed by atoms with Gasteiger partial charge in [-0.25, -0.2) is 0 Å². The molecule has 0 unspecified atom stereocenters. The fraction of sp³-hybridized carbons (Fsp3) is 0.154. The highest BCUT2D eigenvalue weighted by molar-refractivity contribution is 7.16. The maximum atomic E-state index is 11.8. The van der Waals surface area contributed by atoms with Gasteiger partial charge in [0.25, 0.3) is 0 Å². The third kappa shape index (κ3) is 1.47. The number of hydrogen-bond acceptors (Lipinski definition) is 3. The summed E-state index contributed by atoms with van der Waals surface area (Å²) in [4.78, 5) is 16.5. The maximum absolute atomic E-state index is 11.8. The van der Waals surface area contributed by atoms with Crippen LogP contribution >= 0.6 is 22.7 Å². The molecule has 0 atom stereocenters. The van der Waals surface area contributed by atoms with Gasteiger partial charge < -0.3 is 0 Å². The van der Waals surface area contributed by atoms with Gasteiger partial charge in [0.2, 0.25) is 0 Å². The molecule has 3 heteroatoms. The van der Waals surface area contributed by atoms with Crippen LogP contribution in [0, 0.1) is 13.8 Å². The number of hydrogen-bond donors (Lipinski definition) is 0. The Balaban J connectivity index is 2.04. The van der Waals surface area contributed by atoms with Gasteiger partial charge in [0.15, 0.2) is 5.43 Å². The molecule has 3 rings (SSSR count). The summed E-state index contributed by atoms with van der Waals surface area (Å²) < 4.78 is 0. The summed E-state index contributed by atoms with van der Waals surface area (Å²) in [6.07, 6.45) is 0. The largest absolute Gasteiger partial charge is 0.288 e. The molecule has 1 aromatic carbocycles. The average molecular weight is 246 g/mol. The predicted molar refractivity (Wildman–Crippen MR) is 71.2 cm³/mol. The molecule has 0 fully saturated rings. The Morgan fingerprint density at radius 1 is 0.812 bits per heavy atom. The molecule has 0 saturated carbocycles. The molecule has 0 bridgehead atoms. The number of thiophene rings is 2. The lowest BCUT2D eigenvalue weighted by Crippen LogP contribution is -1.73. The second-order valence-electron chi connectivity index (χ2n) is 3.90. The van der Waals surface area contributed by atoms with Crippen LogP contribution < -0.4 is 5.43 Å². The second-order valence-corrected chi connectivity index (χ2v) is 6.48. The first-order valence-corrected chi connectivity index (χ1v) is 6.72. The zero-order chi connectivity index (χ0) is 11.3. The van der Waals surface area contributed by atoms with E-state index in [2.05, 4.69) is 26.0 Å². The molecule has 3 aromatic rings. The van der Waals surface area contributed by atoms with Crippen LogP contribution in [-0.4, -0.2) is 0 Å². The zero-order valence-electron chi connectivity index (χ0n) is 9.03. The van der Waals surface area contributed by atoms with Gasteiger partial charge in [-0.3, -0.25) is 4.79 Å². The van der Waals surface area contributed by atoms with E-state index in [-0.39, 0.29) is 5.43 Å². The number of rotatable bonds is 2. The molecule has 0 amide bonds. The first kappa shape index (κ1) is 10.00. The Hall–Kier alpha value is -1.19. The minimum absolute atomic E-state index is 0.226. The molecule has 16 heavy (non-hydrogen) atoms. The Morgan fingerprint density at radius 2 is 1.25 bits per heavy atom. The van der Waals surface area contributed by atoms with Crippen LogP contribution in [0.5, 0.6) is 0 Å². The first-order valence-electron chi connectivity index (χ1n) is 5.09. The van der Waals surface area contributed by atoms with Gasteiger partial charge >= 0.3 is 0 Å². The van der Waals surface area contributed by atoms with Crippen molar-refractivity contribution < 1.29 is 0 Å². The lowest BCUT2D eigenvalue weighted by Gasteiger charge is -1.83. The van der Waals surface area contributed by atoms with Gasteiger partial charge in [0.05, 0.1) is 11.1 Å². The fourth-order valence-electron chi connectivity index (χ4n) is 1.78. The highest BCUT2D eigenvalue weighted by Gasteiger charge is 2.27. The van der Waals surface area contributed by atoms with E-state index >= 15 is 0 Å². The van der Waals surface area contributed by atoms with E-state index < -0.39 is 0 Å². The van der Waals surface area contributed by atoms with Gasteiger partial charge in [0, 0.05) is 19.5 Å². The van der Waals surface area contributed by atoms with Crippen molar-refractivity contribution >= 4 is 22.7 Å². The summed E-state index contributed by atoms with van der Waals surface area (Å²) in [7, 11) is 0. The lowest BCUT2D eigenvalue weighted by atomic mass is 10.3. The first-order chi connectivity index (χ1) is 7.66. The molecule has 0 aliphatic carbocycles. The molecule has 80 valence electrons. The molecule has 0 aliphatic rings. The Labute approximate surface area is 102 Å². The van der Waals surface area contributed by atoms with Gasteiger partial charge in [-0.15, -0.1) is 22.7 Å². The third-order valence-corrected chi connectivity index (χ3v) is 4.65. The van der Waals surface area contributed by atoms with Crippen molar-refractivity contribution in [2.45, 2.75) is 13.8 Å². The Morgan fingerprint density at radius 3 is 1.56 bits per heavy atom. The highest BCUT2D eigenvalue weighted by Crippen LogP contribution is 2.40. The van der Waals surface area contributed by atoms with E-state index in [1.807, 2.05) is 12.1 Å². The summed E-state index contributed by atoms with van der Waals surface area (Å²) in [5, 5.41) is 0. The van der Waals surface area contributed by atoms with Crippen LogP contribution in [0.1, 0.15) is 9.75 Å². The van der Waals surface area contributed by atoms with Crippen LogP contribution in [0.3, 0.4) is 0 Å². The van der Waals surface area contributed by atoms with Crippen molar-refractivity contribution in [3.8, 4) is 20.9 Å². The van der Waals surface area contributed by atoms with Crippen LogP contribution in [0.25, 0.3) is 20.9 Å². The van der Waals surface area contributed by atoms with E-state index in [0.717, 1.165) is 20.9 Å². The molecule has 0 spiro atoms. The summed E-state index contributed by atoms with van der Waals surface area (Å²) >= 11 is 3.39. The van der Waals surface area contributed by atoms with E-state index in [0.29, 0.717) is 0 Å². The maximum Gasteiger partial charge on any atom is 0.197 e. The predicted octanol–water partition coefficient (Wildman–Crippen LogP) is 4.00. The average Bonchev–Trinajstić information content (AvgIpc) is 2.65. The van der Waals surface area contributed by atoms with E-state index in [4.69, 9.17) is 0 Å². The SMILES string of the molecule is Cc1ccc(-c2c(-c3ccc(C)s3)c2=O)s1. The smallest absolute Gasteiger partial charge is 0.197 e. The monoisotopic (exact) mass is 246 g/mol. The molecule has 0 saturated heterocycles. The minimum atomic E-state index is 0.226. The van der Waals surface area contributed by atoms with Gasteiger partial charge in [-0.05, 0) is 38.1 Å². The van der Waals surface area contributed by atoms with Gasteiger partial charge in [-0.2, -0.15) is 0 Å². The molecule has 0 N–H and O–H groups in total. The van der Waals surface area contributed by atoms with Crippen molar-refractivity contribution in [3.05, 3.63) is 44.2 Å². The van der Waals surface area contributed by atoms with E-state index in [9.17, 15) is 4.79 Å². The van der Waals surface area contributed by atoms with Crippen LogP contribution in [-0.2, 0) is 0 Å². The van der Waals surface area contributed by atoms with Crippen LogP contribution in [0.2, 0.25) is 0 Å². The van der Waals surface area contributed by atoms with Crippen molar-refractivity contribution in [1.82, 2.24) is 0 Å². The topological polar surface area (TPSA) is 17.1 Å². The molecule has 2 heterocycles. The van der Waals surface area contributed by atoms with E-state index in [1.165, 1.54) is 9.75 Å². The molecule has 0 aliphatic heterocycles. The quantitative estimate of drug-likeness (QED) is 0.668. The third-order valence-electron chi connectivity index (χ3n) is 2.62. The molecule has 2 aromatic heterocycles. The summed E-state index contributed by atoms with van der Waals surface area (Å²) in [5.41, 5.74) is 2.09. The van der Waals surface area contributed by atoms with Crippen molar-refractivity contribution in [2.24, 2.45) is 0 Å². The summed E-state index contributed by atoms with van der Waals surface area (Å²) in [6.45, 7) is 4.13. The lowest BCUT2D eigenvalue weighted by molar-refractivity contribution is 1.64. The Bertz CT molecular complexity index is 607. The second kappa shape index (κ2) is 3.40. The fourth-order valence-corrected chi connectivity index (χ4v) is 3.61. The summed E-state index contributed by atoms with van der Waals surface area (Å²) in [6, 6.07) is 8.22. The molecular formula is C13H10OS2. The normalized spacial score (nSPS) is 11.4. The van der Waals surface area contributed by atoms with Crippen molar-refractivity contribution in [3.63, 3.8) is 0 Å². The highest BCUT2D eigenvalue weighted by atomic mass is 32.1. The Kier molecular flexibility index (Phi) is 2.13. The van der Waals surface area contributed by atoms with Crippen molar-refractivity contribution in [1.29, 1.82) is 0 Å². The molecular weight excluding hydrogens is 236 g/mol. The zero-order valence-corrected chi connectivity index (χ0v) is 10.7. The molecule has 1 nitrogen and oxygen atoms in total. The van der Waals surface area contributed by atoms with Gasteiger partial charge in [-0.1, -0.05) is 0 Å². The van der Waals surface area contributed by atoms with Crippen LogP contribution in [0.4, 0.5) is 0 Å². The standard InChI is InChI=1S/C13H10OS2/c1-7-3-5-9(15-7)11-12(13(11)14)10-6-4-8(2)16-10/h3-6H,1-2H3. The van der Waals surface area contributed by atoms with Gasteiger partial charge in [0.1, 0.15) is 0 Å². The van der Waals surface area contributed by atoms with Crippen LogP contribution in [0.15, 0.2) is 29.1 Å². The minimum Gasteiger partial charge on any atom is -0.288 e.